The van der Waals surface area contributed by atoms with Crippen LogP contribution < -0.4 is 0 Å². The van der Waals surface area contributed by atoms with E-state index in [2.05, 4.69) is 4.98 Å². The molecule has 1 aromatic heterocycles. The summed E-state index contributed by atoms with van der Waals surface area (Å²) < 4.78 is 5.39. The van der Waals surface area contributed by atoms with Crippen molar-refractivity contribution in [2.24, 2.45) is 0 Å². The Morgan fingerprint density at radius 2 is 1.88 bits per heavy atom. The Labute approximate surface area is 146 Å². The van der Waals surface area contributed by atoms with Gasteiger partial charge in [-0.15, -0.1) is 0 Å². The summed E-state index contributed by atoms with van der Waals surface area (Å²) >= 11 is 0. The van der Waals surface area contributed by atoms with Crippen LogP contribution in [0.2, 0.25) is 0 Å². The fraction of sp³-hybridized carbons (Fsp3) is 0.316. The zero-order valence-corrected chi connectivity index (χ0v) is 13.7. The van der Waals surface area contributed by atoms with Gasteiger partial charge in [-0.3, -0.25) is 9.78 Å². The highest BCUT2D eigenvalue weighted by molar-refractivity contribution is 5.94. The first-order valence-electron chi connectivity index (χ1n) is 8.43. The van der Waals surface area contributed by atoms with Crippen molar-refractivity contribution in [1.29, 1.82) is 0 Å². The number of carbonyl (C=O) groups is 2. The highest BCUT2D eigenvalue weighted by Crippen LogP contribution is 2.37. The van der Waals surface area contributed by atoms with Crippen LogP contribution in [0.25, 0.3) is 0 Å². The number of rotatable bonds is 3. The maximum absolute atomic E-state index is 12.5. The number of ether oxygens (including phenoxy) is 1. The largest absolute Gasteiger partial charge is 0.445 e. The first-order chi connectivity index (χ1) is 12.2. The lowest BCUT2D eigenvalue weighted by Gasteiger charge is -2.24. The molecule has 4 rings (SSSR count). The molecule has 2 amide bonds. The molecule has 2 aliphatic rings. The third kappa shape index (κ3) is 3.20. The summed E-state index contributed by atoms with van der Waals surface area (Å²) in [6, 6.07) is 15.2. The van der Waals surface area contributed by atoms with Crippen LogP contribution in [0.15, 0.2) is 54.7 Å². The van der Waals surface area contributed by atoms with E-state index in [4.69, 9.17) is 4.74 Å². The number of pyridine rings is 1. The number of aromatic nitrogens is 1. The minimum absolute atomic E-state index is 0.0601. The molecular weight excluding hydrogens is 318 g/mol. The zero-order chi connectivity index (χ0) is 17.2. The monoisotopic (exact) mass is 337 g/mol. The normalized spacial score (nSPS) is 21.4. The van der Waals surface area contributed by atoms with Crippen LogP contribution >= 0.6 is 0 Å². The topological polar surface area (TPSA) is 62.5 Å². The molecule has 0 bridgehead atoms. The first-order valence-corrected chi connectivity index (χ1v) is 8.43. The van der Waals surface area contributed by atoms with E-state index in [9.17, 15) is 9.59 Å². The maximum Gasteiger partial charge on any atom is 0.410 e. The van der Waals surface area contributed by atoms with E-state index in [-0.39, 0.29) is 30.7 Å². The van der Waals surface area contributed by atoms with Crippen LogP contribution in [0.5, 0.6) is 0 Å². The van der Waals surface area contributed by atoms with Crippen LogP contribution in [0, 0.1) is 0 Å². The Hall–Kier alpha value is -2.89. The predicted octanol–water partition coefficient (Wildman–Crippen LogP) is 2.32. The Bertz CT molecular complexity index is 766. The van der Waals surface area contributed by atoms with Crippen LogP contribution in [0.3, 0.4) is 0 Å². The van der Waals surface area contributed by atoms with Crippen molar-refractivity contribution in [1.82, 2.24) is 14.8 Å². The van der Waals surface area contributed by atoms with Crippen LogP contribution in [0.4, 0.5) is 4.79 Å². The molecule has 0 radical (unpaired) electrons. The van der Waals surface area contributed by atoms with Gasteiger partial charge >= 0.3 is 6.09 Å². The van der Waals surface area contributed by atoms with Crippen molar-refractivity contribution in [2.75, 3.05) is 13.1 Å². The molecule has 0 saturated carbocycles. The van der Waals surface area contributed by atoms with E-state index in [0.717, 1.165) is 12.0 Å². The lowest BCUT2D eigenvalue weighted by molar-refractivity contribution is 0.0845. The Kier molecular flexibility index (Phi) is 4.09. The minimum Gasteiger partial charge on any atom is -0.445 e. The second-order valence-electron chi connectivity index (χ2n) is 6.34. The Balaban J connectivity index is 1.32. The summed E-state index contributed by atoms with van der Waals surface area (Å²) in [5.41, 5.74) is 1.42. The molecule has 128 valence electrons. The number of likely N-dealkylation sites (tertiary alicyclic amines) is 1. The van der Waals surface area contributed by atoms with Gasteiger partial charge in [0.1, 0.15) is 12.3 Å². The molecule has 2 aliphatic heterocycles. The third-order valence-corrected chi connectivity index (χ3v) is 4.75. The SMILES string of the molecule is O=C(OCc1ccccc1)N1CC[C@@H]2[C@H](C1)N2C(=O)c1ccccn1. The molecule has 0 aliphatic carbocycles. The van der Waals surface area contributed by atoms with Crippen molar-refractivity contribution in [3.63, 3.8) is 0 Å². The summed E-state index contributed by atoms with van der Waals surface area (Å²) in [6.45, 7) is 1.40. The average Bonchev–Trinajstić information content (AvgIpc) is 3.40. The third-order valence-electron chi connectivity index (χ3n) is 4.75. The van der Waals surface area contributed by atoms with E-state index in [1.807, 2.05) is 35.2 Å². The van der Waals surface area contributed by atoms with Crippen molar-refractivity contribution in [3.8, 4) is 0 Å². The molecule has 0 N–H and O–H groups in total. The van der Waals surface area contributed by atoms with Gasteiger partial charge in [0.25, 0.3) is 5.91 Å². The first kappa shape index (κ1) is 15.6. The molecule has 0 spiro atoms. The van der Waals surface area contributed by atoms with Crippen molar-refractivity contribution >= 4 is 12.0 Å². The van der Waals surface area contributed by atoms with Gasteiger partial charge in [0, 0.05) is 19.3 Å². The maximum atomic E-state index is 12.5. The highest BCUT2D eigenvalue weighted by Gasteiger charge is 2.54. The minimum atomic E-state index is -0.320. The van der Waals surface area contributed by atoms with Crippen molar-refractivity contribution in [2.45, 2.75) is 25.1 Å². The predicted molar refractivity (Wildman–Crippen MR) is 90.8 cm³/mol. The molecule has 1 aromatic carbocycles. The van der Waals surface area contributed by atoms with Crippen LogP contribution in [0.1, 0.15) is 22.5 Å². The standard InChI is InChI=1S/C19H19N3O3/c23-18(15-8-4-5-10-20-15)22-16-9-11-21(12-17(16)22)19(24)25-13-14-6-2-1-3-7-14/h1-8,10,16-17H,9,11-13H2/t16-,17+,22?/m1/s1. The van der Waals surface area contributed by atoms with Crippen molar-refractivity contribution in [3.05, 3.63) is 66.0 Å². The molecule has 6 nitrogen and oxygen atoms in total. The number of hydrogen-bond donors (Lipinski definition) is 0. The summed E-state index contributed by atoms with van der Waals surface area (Å²) in [5, 5.41) is 0. The van der Waals surface area contributed by atoms with Gasteiger partial charge in [0.15, 0.2) is 0 Å². The summed E-state index contributed by atoms with van der Waals surface area (Å²) in [7, 11) is 0. The molecule has 3 heterocycles. The van der Waals surface area contributed by atoms with Gasteiger partial charge in [-0.1, -0.05) is 36.4 Å². The lowest BCUT2D eigenvalue weighted by atomic mass is 10.1. The van der Waals surface area contributed by atoms with E-state index < -0.39 is 0 Å². The van der Waals surface area contributed by atoms with Gasteiger partial charge in [0.2, 0.25) is 0 Å². The van der Waals surface area contributed by atoms with Gasteiger partial charge < -0.3 is 14.5 Å². The fourth-order valence-electron chi connectivity index (χ4n) is 3.38. The van der Waals surface area contributed by atoms with Gasteiger partial charge in [-0.05, 0) is 24.1 Å². The van der Waals surface area contributed by atoms with Gasteiger partial charge in [-0.25, -0.2) is 4.79 Å². The van der Waals surface area contributed by atoms with Crippen LogP contribution in [-0.2, 0) is 11.3 Å². The molecule has 2 aromatic rings. The van der Waals surface area contributed by atoms with E-state index in [0.29, 0.717) is 18.8 Å². The number of nitrogens with zero attached hydrogens (tertiary/aromatic N) is 3. The van der Waals surface area contributed by atoms with Gasteiger partial charge in [0.05, 0.1) is 12.1 Å². The Morgan fingerprint density at radius 3 is 2.64 bits per heavy atom. The van der Waals surface area contributed by atoms with E-state index in [1.165, 1.54) is 0 Å². The van der Waals surface area contributed by atoms with E-state index in [1.54, 1.807) is 29.3 Å². The van der Waals surface area contributed by atoms with Crippen LogP contribution in [-0.4, -0.2) is 52.0 Å². The average molecular weight is 337 g/mol. The summed E-state index contributed by atoms with van der Waals surface area (Å²) in [6.07, 6.45) is 2.08. The Morgan fingerprint density at radius 1 is 1.08 bits per heavy atom. The highest BCUT2D eigenvalue weighted by atomic mass is 16.6. The number of carbonyl (C=O) groups excluding carboxylic acids is 2. The molecular formula is C19H19N3O3. The molecule has 0 unspecified atom stereocenters. The second kappa shape index (κ2) is 6.55. The zero-order valence-electron chi connectivity index (χ0n) is 13.7. The summed E-state index contributed by atoms with van der Waals surface area (Å²) in [5.74, 6) is -0.0601. The summed E-state index contributed by atoms with van der Waals surface area (Å²) in [4.78, 5) is 32.4. The number of piperidine rings is 1. The molecule has 25 heavy (non-hydrogen) atoms. The molecule has 2 atom stereocenters. The van der Waals surface area contributed by atoms with Crippen molar-refractivity contribution < 1.29 is 14.3 Å². The number of hydrogen-bond acceptors (Lipinski definition) is 4. The molecule has 2 fully saturated rings. The number of benzene rings is 1. The lowest BCUT2D eigenvalue weighted by Crippen LogP contribution is -2.39. The smallest absolute Gasteiger partial charge is 0.410 e. The van der Waals surface area contributed by atoms with Gasteiger partial charge in [-0.2, -0.15) is 0 Å². The fourth-order valence-corrected chi connectivity index (χ4v) is 3.38. The quantitative estimate of drug-likeness (QED) is 0.807. The number of amides is 2. The second-order valence-corrected chi connectivity index (χ2v) is 6.34. The number of fused-ring (bicyclic) bond motifs is 1. The van der Waals surface area contributed by atoms with E-state index >= 15 is 0 Å². The molecule has 6 heteroatoms. The molecule has 2 saturated heterocycles.